The minimum Gasteiger partial charge on any atom is -0.295 e. The fourth-order valence-electron chi connectivity index (χ4n) is 1.44. The molecule has 0 amide bonds. The molecule has 0 atom stereocenters. The molecule has 1 N–H and O–H groups in total. The fraction of sp³-hybridized carbons (Fsp3) is 0.0833. The van der Waals surface area contributed by atoms with Crippen molar-refractivity contribution in [1.82, 2.24) is 9.97 Å². The van der Waals surface area contributed by atoms with Gasteiger partial charge in [0.05, 0.1) is 4.90 Å². The monoisotopic (exact) mass is 311 g/mol. The Hall–Kier alpha value is -1.99. The van der Waals surface area contributed by atoms with E-state index in [1.807, 2.05) is 0 Å². The third kappa shape index (κ3) is 3.12. The van der Waals surface area contributed by atoms with Gasteiger partial charge in [-0.05, 0) is 19.1 Å². The number of sulfonamides is 1. The van der Waals surface area contributed by atoms with E-state index in [2.05, 4.69) is 14.7 Å². The summed E-state index contributed by atoms with van der Waals surface area (Å²) in [5.41, 5.74) is 0.432. The summed E-state index contributed by atoms with van der Waals surface area (Å²) in [5.74, 6) is -0.191. The SMILES string of the molecule is CC(=O)c1ccc(S(=O)(=O)Nc2nccnc2Cl)cc1. The molecular weight excluding hydrogens is 302 g/mol. The van der Waals surface area contributed by atoms with Crippen LogP contribution in [-0.4, -0.2) is 24.2 Å². The predicted molar refractivity (Wildman–Crippen MR) is 74.3 cm³/mol. The van der Waals surface area contributed by atoms with Gasteiger partial charge in [-0.2, -0.15) is 0 Å². The van der Waals surface area contributed by atoms with Crippen LogP contribution in [0.15, 0.2) is 41.6 Å². The first kappa shape index (κ1) is 14.4. The molecule has 104 valence electrons. The minimum atomic E-state index is -3.83. The Morgan fingerprint density at radius 1 is 1.15 bits per heavy atom. The summed E-state index contributed by atoms with van der Waals surface area (Å²) in [4.78, 5) is 18.7. The molecule has 0 fully saturated rings. The minimum absolute atomic E-state index is 0.00391. The first-order valence-electron chi connectivity index (χ1n) is 5.50. The second-order valence-electron chi connectivity index (χ2n) is 3.88. The van der Waals surface area contributed by atoms with Crippen LogP contribution in [0.4, 0.5) is 5.82 Å². The summed E-state index contributed by atoms with van der Waals surface area (Å²) >= 11 is 5.74. The van der Waals surface area contributed by atoms with Crippen molar-refractivity contribution in [2.75, 3.05) is 4.72 Å². The highest BCUT2D eigenvalue weighted by Gasteiger charge is 2.17. The van der Waals surface area contributed by atoms with Crippen molar-refractivity contribution in [2.45, 2.75) is 11.8 Å². The van der Waals surface area contributed by atoms with Crippen molar-refractivity contribution >= 4 is 33.2 Å². The first-order valence-corrected chi connectivity index (χ1v) is 7.36. The van der Waals surface area contributed by atoms with Crippen LogP contribution in [0.5, 0.6) is 0 Å². The molecule has 6 nitrogen and oxygen atoms in total. The van der Waals surface area contributed by atoms with Crippen LogP contribution in [0.25, 0.3) is 0 Å². The Kier molecular flexibility index (Phi) is 4.01. The molecule has 2 aromatic rings. The standard InChI is InChI=1S/C12H10ClN3O3S/c1-8(17)9-2-4-10(5-3-9)20(18,19)16-12-11(13)14-6-7-15-12/h2-7H,1H3,(H,15,16). The molecular formula is C12H10ClN3O3S. The highest BCUT2D eigenvalue weighted by molar-refractivity contribution is 7.92. The van der Waals surface area contributed by atoms with Crippen molar-refractivity contribution in [3.05, 3.63) is 47.4 Å². The average molecular weight is 312 g/mol. The van der Waals surface area contributed by atoms with Crippen LogP contribution in [0.1, 0.15) is 17.3 Å². The lowest BCUT2D eigenvalue weighted by molar-refractivity contribution is 0.101. The zero-order chi connectivity index (χ0) is 14.8. The van der Waals surface area contributed by atoms with Gasteiger partial charge in [0.15, 0.2) is 16.8 Å². The summed E-state index contributed by atoms with van der Waals surface area (Å²) in [6.07, 6.45) is 2.67. The number of halogens is 1. The molecule has 0 saturated carbocycles. The van der Waals surface area contributed by atoms with Gasteiger partial charge in [-0.15, -0.1) is 0 Å². The van der Waals surface area contributed by atoms with Gasteiger partial charge in [0.25, 0.3) is 10.0 Å². The summed E-state index contributed by atoms with van der Waals surface area (Å²) in [6.45, 7) is 1.40. The van der Waals surface area contributed by atoms with Gasteiger partial charge in [-0.25, -0.2) is 18.4 Å². The number of benzene rings is 1. The highest BCUT2D eigenvalue weighted by Crippen LogP contribution is 2.19. The predicted octanol–water partition coefficient (Wildman–Crippen LogP) is 2.13. The zero-order valence-corrected chi connectivity index (χ0v) is 11.9. The first-order chi connectivity index (χ1) is 9.40. The van der Waals surface area contributed by atoms with Gasteiger partial charge in [-0.3, -0.25) is 9.52 Å². The van der Waals surface area contributed by atoms with Crippen LogP contribution < -0.4 is 4.72 Å². The lowest BCUT2D eigenvalue weighted by Crippen LogP contribution is -2.14. The Labute approximate surface area is 120 Å². The molecule has 0 aliphatic carbocycles. The van der Waals surface area contributed by atoms with E-state index in [1.54, 1.807) is 0 Å². The summed E-state index contributed by atoms with van der Waals surface area (Å²) in [5, 5.41) is -0.0450. The number of carbonyl (C=O) groups is 1. The molecule has 0 bridgehead atoms. The summed E-state index contributed by atoms with van der Waals surface area (Å²) in [6, 6.07) is 5.55. The zero-order valence-electron chi connectivity index (χ0n) is 10.4. The molecule has 0 aliphatic heterocycles. The summed E-state index contributed by atoms with van der Waals surface area (Å²) < 4.78 is 26.5. The number of aromatic nitrogens is 2. The molecule has 1 aromatic heterocycles. The van der Waals surface area contributed by atoms with Crippen LogP contribution >= 0.6 is 11.6 Å². The van der Waals surface area contributed by atoms with E-state index in [4.69, 9.17) is 11.6 Å². The fourth-order valence-corrected chi connectivity index (χ4v) is 2.67. The molecule has 20 heavy (non-hydrogen) atoms. The normalized spacial score (nSPS) is 11.1. The Morgan fingerprint density at radius 2 is 1.75 bits per heavy atom. The lowest BCUT2D eigenvalue weighted by Gasteiger charge is -2.08. The van der Waals surface area contributed by atoms with E-state index >= 15 is 0 Å². The molecule has 0 unspecified atom stereocenters. The Morgan fingerprint density at radius 3 is 2.30 bits per heavy atom. The van der Waals surface area contributed by atoms with E-state index in [1.165, 1.54) is 43.6 Å². The molecule has 1 aromatic carbocycles. The van der Waals surface area contributed by atoms with E-state index < -0.39 is 10.0 Å². The van der Waals surface area contributed by atoms with E-state index in [0.29, 0.717) is 5.56 Å². The third-order valence-electron chi connectivity index (χ3n) is 2.46. The quantitative estimate of drug-likeness (QED) is 0.874. The van der Waals surface area contributed by atoms with Crippen molar-refractivity contribution in [3.8, 4) is 0 Å². The smallest absolute Gasteiger partial charge is 0.263 e. The number of nitrogens with zero attached hydrogens (tertiary/aromatic N) is 2. The van der Waals surface area contributed by atoms with Crippen LogP contribution in [0, 0.1) is 0 Å². The van der Waals surface area contributed by atoms with Crippen LogP contribution in [0.2, 0.25) is 5.15 Å². The molecule has 0 saturated heterocycles. The molecule has 8 heteroatoms. The van der Waals surface area contributed by atoms with Gasteiger partial charge in [0, 0.05) is 18.0 Å². The van der Waals surface area contributed by atoms with Crippen molar-refractivity contribution in [3.63, 3.8) is 0 Å². The van der Waals surface area contributed by atoms with Crippen molar-refractivity contribution < 1.29 is 13.2 Å². The molecule has 2 rings (SSSR count). The Balaban J connectivity index is 2.31. The van der Waals surface area contributed by atoms with Crippen molar-refractivity contribution in [1.29, 1.82) is 0 Å². The van der Waals surface area contributed by atoms with Crippen LogP contribution in [-0.2, 0) is 10.0 Å². The molecule has 0 aliphatic rings. The second-order valence-corrected chi connectivity index (χ2v) is 5.92. The summed E-state index contributed by atoms with van der Waals surface area (Å²) in [7, 11) is -3.83. The number of hydrogen-bond donors (Lipinski definition) is 1. The Bertz CT molecular complexity index is 745. The number of ketones is 1. The third-order valence-corrected chi connectivity index (χ3v) is 4.09. The van der Waals surface area contributed by atoms with Crippen molar-refractivity contribution in [2.24, 2.45) is 0 Å². The maximum atomic E-state index is 12.1. The number of rotatable bonds is 4. The van der Waals surface area contributed by atoms with Gasteiger partial charge in [0.1, 0.15) is 0 Å². The van der Waals surface area contributed by atoms with Gasteiger partial charge < -0.3 is 0 Å². The highest BCUT2D eigenvalue weighted by atomic mass is 35.5. The topological polar surface area (TPSA) is 89.0 Å². The molecule has 1 heterocycles. The lowest BCUT2D eigenvalue weighted by atomic mass is 10.2. The van der Waals surface area contributed by atoms with Crippen LogP contribution in [0.3, 0.4) is 0 Å². The van der Waals surface area contributed by atoms with E-state index in [-0.39, 0.29) is 21.6 Å². The maximum Gasteiger partial charge on any atom is 0.263 e. The van der Waals surface area contributed by atoms with Gasteiger partial charge in [-0.1, -0.05) is 23.7 Å². The molecule has 0 radical (unpaired) electrons. The largest absolute Gasteiger partial charge is 0.295 e. The number of anilines is 1. The average Bonchev–Trinajstić information content (AvgIpc) is 2.41. The van der Waals surface area contributed by atoms with Gasteiger partial charge in [0.2, 0.25) is 0 Å². The number of carbonyl (C=O) groups excluding carboxylic acids is 1. The number of nitrogens with one attached hydrogen (secondary N) is 1. The number of hydrogen-bond acceptors (Lipinski definition) is 5. The van der Waals surface area contributed by atoms with Gasteiger partial charge >= 0.3 is 0 Å². The maximum absolute atomic E-state index is 12.1. The van der Waals surface area contributed by atoms with E-state index in [0.717, 1.165) is 0 Å². The van der Waals surface area contributed by atoms with E-state index in [9.17, 15) is 13.2 Å². The number of Topliss-reactive ketones (excluding diaryl/α,β-unsaturated/α-hetero) is 1. The molecule has 0 spiro atoms. The second kappa shape index (κ2) is 5.56.